The Hall–Kier alpha value is -4.71. The van der Waals surface area contributed by atoms with Gasteiger partial charge in [0.25, 0.3) is 0 Å². The minimum absolute atomic E-state index is 0.655. The van der Waals surface area contributed by atoms with Gasteiger partial charge in [-0.25, -0.2) is 15.0 Å². The molecule has 0 spiro atoms. The maximum absolute atomic E-state index is 5.06. The van der Waals surface area contributed by atoms with Gasteiger partial charge in [-0.15, -0.1) is 11.3 Å². The first kappa shape index (κ1) is 25.0. The lowest BCUT2D eigenvalue weighted by atomic mass is 10.0. The smallest absolute Gasteiger partial charge is 0.164 e. The fourth-order valence-electron chi connectivity index (χ4n) is 5.51. The highest BCUT2D eigenvalue weighted by atomic mass is 79.9. The van der Waals surface area contributed by atoms with Crippen LogP contribution in [0.3, 0.4) is 0 Å². The van der Waals surface area contributed by atoms with Gasteiger partial charge in [0.05, 0.1) is 0 Å². The Morgan fingerprint density at radius 1 is 0.429 bits per heavy atom. The molecule has 0 amide bonds. The zero-order valence-corrected chi connectivity index (χ0v) is 24.7. The lowest BCUT2D eigenvalue weighted by molar-refractivity contribution is 1.08. The molecule has 0 fully saturated rings. The third-order valence-electron chi connectivity index (χ3n) is 7.61. The molecule has 2 aromatic heterocycles. The minimum atomic E-state index is 0.655. The van der Waals surface area contributed by atoms with E-state index in [1.165, 1.54) is 25.7 Å². The van der Waals surface area contributed by atoms with Crippen molar-refractivity contribution in [1.29, 1.82) is 0 Å². The van der Waals surface area contributed by atoms with Crippen LogP contribution in [0.5, 0.6) is 0 Å². The predicted molar refractivity (Wildman–Crippen MR) is 180 cm³/mol. The Labute approximate surface area is 255 Å². The predicted octanol–water partition coefficient (Wildman–Crippen LogP) is 10.8. The molecule has 0 aliphatic carbocycles. The first-order valence-corrected chi connectivity index (χ1v) is 15.3. The van der Waals surface area contributed by atoms with Crippen molar-refractivity contribution in [3.05, 3.63) is 138 Å². The molecule has 2 heterocycles. The second-order valence-corrected chi connectivity index (χ2v) is 12.2. The standard InChI is InChI=1S/C37H22BrN3S/c38-28-18-20-33-32(22-28)30-19-17-27(21-34(30)42-33)36-39-35(26-15-13-24(14-16-26)23-7-2-1-3-8-23)40-37(41-36)31-12-6-10-25-9-4-5-11-29(25)31/h1-22H. The maximum atomic E-state index is 5.06. The van der Waals surface area contributed by atoms with Crippen LogP contribution >= 0.6 is 27.3 Å². The van der Waals surface area contributed by atoms with Crippen LogP contribution in [0, 0.1) is 0 Å². The van der Waals surface area contributed by atoms with E-state index in [9.17, 15) is 0 Å². The fraction of sp³-hybridized carbons (Fsp3) is 0. The molecule has 0 aliphatic heterocycles. The van der Waals surface area contributed by atoms with E-state index in [-0.39, 0.29) is 0 Å². The summed E-state index contributed by atoms with van der Waals surface area (Å²) in [6.07, 6.45) is 0. The number of aromatic nitrogens is 3. The largest absolute Gasteiger partial charge is 0.208 e. The number of fused-ring (bicyclic) bond motifs is 4. The second-order valence-electron chi connectivity index (χ2n) is 10.2. The third kappa shape index (κ3) is 4.48. The molecule has 0 bridgehead atoms. The second kappa shape index (κ2) is 10.3. The van der Waals surface area contributed by atoms with Crippen LogP contribution in [0.2, 0.25) is 0 Å². The van der Waals surface area contributed by atoms with Gasteiger partial charge in [0, 0.05) is 41.3 Å². The number of hydrogen-bond acceptors (Lipinski definition) is 4. The highest BCUT2D eigenvalue weighted by molar-refractivity contribution is 9.10. The van der Waals surface area contributed by atoms with Crippen molar-refractivity contribution in [2.75, 3.05) is 0 Å². The average Bonchev–Trinajstić information content (AvgIpc) is 3.42. The van der Waals surface area contributed by atoms with Gasteiger partial charge in [0.1, 0.15) is 0 Å². The van der Waals surface area contributed by atoms with Crippen LogP contribution in [0.25, 0.3) is 76.2 Å². The highest BCUT2D eigenvalue weighted by Gasteiger charge is 2.16. The van der Waals surface area contributed by atoms with Crippen molar-refractivity contribution in [1.82, 2.24) is 15.0 Å². The van der Waals surface area contributed by atoms with E-state index in [1.54, 1.807) is 11.3 Å². The van der Waals surface area contributed by atoms with Gasteiger partial charge in [-0.2, -0.15) is 0 Å². The summed E-state index contributed by atoms with van der Waals surface area (Å²) >= 11 is 5.42. The molecule has 42 heavy (non-hydrogen) atoms. The van der Waals surface area contributed by atoms with Gasteiger partial charge in [0.2, 0.25) is 0 Å². The monoisotopic (exact) mass is 619 g/mol. The van der Waals surface area contributed by atoms with Gasteiger partial charge in [-0.3, -0.25) is 0 Å². The first-order chi connectivity index (χ1) is 20.7. The summed E-state index contributed by atoms with van der Waals surface area (Å²) in [6.45, 7) is 0. The SMILES string of the molecule is Brc1ccc2sc3cc(-c4nc(-c5ccc(-c6ccccc6)cc5)nc(-c5cccc6ccccc56)n4)ccc3c2c1. The Bertz CT molecular complexity index is 2250. The molecule has 6 aromatic carbocycles. The molecule has 3 nitrogen and oxygen atoms in total. The van der Waals surface area contributed by atoms with Crippen molar-refractivity contribution in [2.24, 2.45) is 0 Å². The van der Waals surface area contributed by atoms with Crippen LogP contribution in [-0.2, 0) is 0 Å². The number of hydrogen-bond donors (Lipinski definition) is 0. The van der Waals surface area contributed by atoms with Crippen LogP contribution < -0.4 is 0 Å². The summed E-state index contributed by atoms with van der Waals surface area (Å²) in [5, 5.41) is 4.76. The molecule has 0 radical (unpaired) electrons. The highest BCUT2D eigenvalue weighted by Crippen LogP contribution is 2.38. The van der Waals surface area contributed by atoms with Crippen molar-refractivity contribution < 1.29 is 0 Å². The molecular weight excluding hydrogens is 598 g/mol. The lowest BCUT2D eigenvalue weighted by Gasteiger charge is -2.11. The number of rotatable bonds is 4. The van der Waals surface area contributed by atoms with E-state index in [4.69, 9.17) is 15.0 Å². The van der Waals surface area contributed by atoms with Crippen LogP contribution in [0.1, 0.15) is 0 Å². The molecule has 8 aromatic rings. The molecule has 0 saturated heterocycles. The normalized spacial score (nSPS) is 11.5. The molecule has 0 atom stereocenters. The molecule has 0 N–H and O–H groups in total. The van der Waals surface area contributed by atoms with Gasteiger partial charge in [-0.1, -0.05) is 125 Å². The summed E-state index contributed by atoms with van der Waals surface area (Å²) in [6, 6.07) is 46.5. The molecule has 8 rings (SSSR count). The third-order valence-corrected chi connectivity index (χ3v) is 9.23. The number of thiophene rings is 1. The topological polar surface area (TPSA) is 38.7 Å². The van der Waals surface area contributed by atoms with E-state index < -0.39 is 0 Å². The van der Waals surface area contributed by atoms with Crippen molar-refractivity contribution in [3.8, 4) is 45.3 Å². The van der Waals surface area contributed by atoms with Gasteiger partial charge < -0.3 is 0 Å². The van der Waals surface area contributed by atoms with Crippen molar-refractivity contribution in [3.63, 3.8) is 0 Å². The molecule has 0 saturated carbocycles. The Balaban J connectivity index is 1.31. The Kier molecular flexibility index (Phi) is 6.13. The van der Waals surface area contributed by atoms with Crippen LogP contribution in [-0.4, -0.2) is 15.0 Å². The summed E-state index contributed by atoms with van der Waals surface area (Å²) in [5.41, 5.74) is 5.25. The van der Waals surface area contributed by atoms with Crippen LogP contribution in [0.15, 0.2) is 138 Å². The average molecular weight is 621 g/mol. The summed E-state index contributed by atoms with van der Waals surface area (Å²) < 4.78 is 3.55. The van der Waals surface area contributed by atoms with Gasteiger partial charge in [-0.05, 0) is 46.2 Å². The summed E-state index contributed by atoms with van der Waals surface area (Å²) in [7, 11) is 0. The fourth-order valence-corrected chi connectivity index (χ4v) is 6.99. The lowest BCUT2D eigenvalue weighted by Crippen LogP contribution is -2.00. The zero-order chi connectivity index (χ0) is 28.0. The first-order valence-electron chi connectivity index (χ1n) is 13.7. The Morgan fingerprint density at radius 3 is 1.95 bits per heavy atom. The number of benzene rings is 6. The van der Waals surface area contributed by atoms with E-state index in [2.05, 4.69) is 143 Å². The minimum Gasteiger partial charge on any atom is -0.208 e. The maximum Gasteiger partial charge on any atom is 0.164 e. The summed E-state index contributed by atoms with van der Waals surface area (Å²) in [4.78, 5) is 15.1. The van der Waals surface area contributed by atoms with E-state index in [0.717, 1.165) is 37.5 Å². The van der Waals surface area contributed by atoms with E-state index in [1.807, 2.05) is 6.07 Å². The van der Waals surface area contributed by atoms with Crippen LogP contribution in [0.4, 0.5) is 0 Å². The molecule has 0 aliphatic rings. The quantitative estimate of drug-likeness (QED) is 0.197. The molecule has 0 unspecified atom stereocenters. The van der Waals surface area contributed by atoms with E-state index in [0.29, 0.717) is 17.5 Å². The number of halogens is 1. The zero-order valence-electron chi connectivity index (χ0n) is 22.3. The molecule has 198 valence electrons. The van der Waals surface area contributed by atoms with Gasteiger partial charge >= 0.3 is 0 Å². The van der Waals surface area contributed by atoms with Crippen molar-refractivity contribution in [2.45, 2.75) is 0 Å². The molecule has 5 heteroatoms. The van der Waals surface area contributed by atoms with E-state index >= 15 is 0 Å². The Morgan fingerprint density at radius 2 is 1.10 bits per heavy atom. The van der Waals surface area contributed by atoms with Gasteiger partial charge in [0.15, 0.2) is 17.5 Å². The number of nitrogens with zero attached hydrogens (tertiary/aromatic N) is 3. The van der Waals surface area contributed by atoms with Crippen molar-refractivity contribution >= 4 is 58.2 Å². The molecular formula is C37H22BrN3S. The summed E-state index contributed by atoms with van der Waals surface area (Å²) in [5.74, 6) is 1.98.